The fourth-order valence-electron chi connectivity index (χ4n) is 2.46. The fraction of sp³-hybridized carbons (Fsp3) is 0.0588. The molecule has 0 spiro atoms. The van der Waals surface area contributed by atoms with E-state index in [0.717, 1.165) is 17.6 Å². The third-order valence-electron chi connectivity index (χ3n) is 3.48. The van der Waals surface area contributed by atoms with E-state index in [1.54, 1.807) is 11.3 Å². The number of rotatable bonds is 2. The van der Waals surface area contributed by atoms with Crippen LogP contribution in [0.15, 0.2) is 60.3 Å². The lowest BCUT2D eigenvalue weighted by molar-refractivity contribution is 1.33. The van der Waals surface area contributed by atoms with Crippen molar-refractivity contribution < 1.29 is 0 Å². The van der Waals surface area contributed by atoms with Gasteiger partial charge in [-0.2, -0.15) is 0 Å². The van der Waals surface area contributed by atoms with E-state index in [1.807, 2.05) is 24.5 Å². The molecule has 3 heterocycles. The Kier molecular flexibility index (Phi) is 2.71. The first kappa shape index (κ1) is 11.6. The van der Waals surface area contributed by atoms with Crippen LogP contribution in [0, 0.1) is 0 Å². The van der Waals surface area contributed by atoms with Gasteiger partial charge >= 0.3 is 0 Å². The summed E-state index contributed by atoms with van der Waals surface area (Å²) in [5, 5.41) is 2.18. The minimum Gasteiger partial charge on any atom is -0.265 e. The van der Waals surface area contributed by atoms with E-state index < -0.39 is 0 Å². The van der Waals surface area contributed by atoms with Gasteiger partial charge in [-0.15, -0.1) is 11.3 Å². The zero-order valence-corrected chi connectivity index (χ0v) is 11.6. The van der Waals surface area contributed by atoms with Gasteiger partial charge in [0.15, 0.2) is 0 Å². The second kappa shape index (κ2) is 4.69. The highest BCUT2D eigenvalue weighted by molar-refractivity contribution is 7.17. The molecule has 96 valence electrons. The number of pyridine rings is 2. The molecule has 0 unspecified atom stereocenters. The van der Waals surface area contributed by atoms with Crippen LogP contribution < -0.4 is 0 Å². The molecular formula is C17H12N2S. The molecule has 0 saturated carbocycles. The van der Waals surface area contributed by atoms with E-state index in [2.05, 4.69) is 40.7 Å². The van der Waals surface area contributed by atoms with Crippen LogP contribution in [0.4, 0.5) is 0 Å². The van der Waals surface area contributed by atoms with E-state index >= 15 is 0 Å². The number of hydrogen-bond donors (Lipinski definition) is 0. The predicted octanol–water partition coefficient (Wildman–Crippen LogP) is 4.70. The van der Waals surface area contributed by atoms with Gasteiger partial charge in [-0.25, -0.2) is 4.98 Å². The Morgan fingerprint density at radius 2 is 1.95 bits per heavy atom. The summed E-state index contributed by atoms with van der Waals surface area (Å²) in [7, 11) is 0. The monoisotopic (exact) mass is 276 g/mol. The van der Waals surface area contributed by atoms with Crippen LogP contribution >= 0.6 is 11.3 Å². The molecule has 2 nitrogen and oxygen atoms in total. The standard InChI is InChI=1S/C17H12N2S/c1-2-4-13(3-1)15-5-6-16-17(19-15)14(11-20-16)12-7-9-18-10-8-12/h1,3-11H,2H2. The number of fused-ring (bicyclic) bond motifs is 1. The van der Waals surface area contributed by atoms with Crippen LogP contribution in [0.25, 0.3) is 26.9 Å². The highest BCUT2D eigenvalue weighted by Gasteiger charge is 2.10. The molecule has 1 aliphatic carbocycles. The minimum atomic E-state index is 1.01. The van der Waals surface area contributed by atoms with E-state index in [-0.39, 0.29) is 0 Å². The molecule has 4 rings (SSSR count). The molecule has 3 aromatic rings. The molecule has 0 aliphatic heterocycles. The molecule has 0 N–H and O–H groups in total. The number of allylic oxidation sites excluding steroid dienone is 4. The van der Waals surface area contributed by atoms with Crippen LogP contribution in [0.1, 0.15) is 12.1 Å². The van der Waals surface area contributed by atoms with Crippen LogP contribution in [-0.4, -0.2) is 9.97 Å². The van der Waals surface area contributed by atoms with Gasteiger partial charge in [-0.3, -0.25) is 4.98 Å². The van der Waals surface area contributed by atoms with Gasteiger partial charge in [0.05, 0.1) is 15.9 Å². The largest absolute Gasteiger partial charge is 0.265 e. The van der Waals surface area contributed by atoms with Crippen LogP contribution in [0.2, 0.25) is 0 Å². The minimum absolute atomic E-state index is 1.01. The van der Waals surface area contributed by atoms with Gasteiger partial charge in [-0.05, 0) is 41.8 Å². The topological polar surface area (TPSA) is 25.8 Å². The highest BCUT2D eigenvalue weighted by atomic mass is 32.1. The lowest BCUT2D eigenvalue weighted by Gasteiger charge is -2.02. The zero-order valence-electron chi connectivity index (χ0n) is 10.8. The van der Waals surface area contributed by atoms with Crippen molar-refractivity contribution in [2.75, 3.05) is 0 Å². The molecule has 0 saturated heterocycles. The Balaban J connectivity index is 1.91. The second-order valence-electron chi connectivity index (χ2n) is 4.73. The van der Waals surface area contributed by atoms with Crippen molar-refractivity contribution in [3.05, 3.63) is 66.0 Å². The number of nitrogens with zero attached hydrogens (tertiary/aromatic N) is 2. The number of hydrogen-bond acceptors (Lipinski definition) is 3. The summed E-state index contributed by atoms with van der Waals surface area (Å²) in [5.74, 6) is 0. The molecule has 1 aliphatic rings. The lowest BCUT2D eigenvalue weighted by Crippen LogP contribution is -1.87. The summed E-state index contributed by atoms with van der Waals surface area (Å²) in [5.41, 5.74) is 5.72. The summed E-state index contributed by atoms with van der Waals surface area (Å²) < 4.78 is 1.23. The first-order valence-electron chi connectivity index (χ1n) is 6.57. The Bertz CT molecular complexity index is 829. The Labute approximate surface area is 121 Å². The first-order valence-corrected chi connectivity index (χ1v) is 7.45. The molecule has 0 bridgehead atoms. The van der Waals surface area contributed by atoms with Crippen molar-refractivity contribution >= 4 is 27.1 Å². The van der Waals surface area contributed by atoms with Crippen LogP contribution in [0.3, 0.4) is 0 Å². The SMILES string of the molecule is C1=CC(c2ccc3scc(-c4ccncc4)c3n2)=CC1. The normalized spacial score (nSPS) is 13.9. The average molecular weight is 276 g/mol. The van der Waals surface area contributed by atoms with Gasteiger partial charge in [0.25, 0.3) is 0 Å². The average Bonchev–Trinajstić information content (AvgIpc) is 3.17. The molecule has 0 fully saturated rings. The molecule has 0 atom stereocenters. The van der Waals surface area contributed by atoms with Gasteiger partial charge in [-0.1, -0.05) is 18.2 Å². The Hall–Kier alpha value is -2.26. The van der Waals surface area contributed by atoms with Crippen molar-refractivity contribution in [2.45, 2.75) is 6.42 Å². The van der Waals surface area contributed by atoms with Crippen LogP contribution in [-0.2, 0) is 0 Å². The quantitative estimate of drug-likeness (QED) is 0.678. The van der Waals surface area contributed by atoms with Gasteiger partial charge < -0.3 is 0 Å². The molecule has 3 heteroatoms. The maximum absolute atomic E-state index is 4.86. The zero-order chi connectivity index (χ0) is 13.4. The van der Waals surface area contributed by atoms with Crippen molar-refractivity contribution in [3.63, 3.8) is 0 Å². The molecule has 3 aromatic heterocycles. The molecule has 0 aromatic carbocycles. The van der Waals surface area contributed by atoms with Crippen molar-refractivity contribution in [1.82, 2.24) is 9.97 Å². The van der Waals surface area contributed by atoms with E-state index in [9.17, 15) is 0 Å². The molecular weight excluding hydrogens is 264 g/mol. The molecule has 20 heavy (non-hydrogen) atoms. The summed E-state index contributed by atoms with van der Waals surface area (Å²) in [6.07, 6.45) is 11.2. The van der Waals surface area contributed by atoms with Gasteiger partial charge in [0.2, 0.25) is 0 Å². The maximum atomic E-state index is 4.86. The third kappa shape index (κ3) is 1.87. The first-order chi connectivity index (χ1) is 9.92. The Morgan fingerprint density at radius 1 is 1.05 bits per heavy atom. The smallest absolute Gasteiger partial charge is 0.0895 e. The summed E-state index contributed by atoms with van der Waals surface area (Å²) in [6.45, 7) is 0. The second-order valence-corrected chi connectivity index (χ2v) is 5.64. The summed E-state index contributed by atoms with van der Waals surface area (Å²) in [6, 6.07) is 8.34. The van der Waals surface area contributed by atoms with Crippen molar-refractivity contribution in [1.29, 1.82) is 0 Å². The van der Waals surface area contributed by atoms with Crippen molar-refractivity contribution in [3.8, 4) is 11.1 Å². The van der Waals surface area contributed by atoms with E-state index in [1.165, 1.54) is 21.4 Å². The highest BCUT2D eigenvalue weighted by Crippen LogP contribution is 2.33. The summed E-state index contributed by atoms with van der Waals surface area (Å²) >= 11 is 1.74. The number of thiophene rings is 1. The lowest BCUT2D eigenvalue weighted by atomic mass is 10.1. The third-order valence-corrected chi connectivity index (χ3v) is 4.41. The Morgan fingerprint density at radius 3 is 2.75 bits per heavy atom. The molecule has 0 radical (unpaired) electrons. The van der Waals surface area contributed by atoms with Gasteiger partial charge in [0.1, 0.15) is 0 Å². The van der Waals surface area contributed by atoms with E-state index in [0.29, 0.717) is 0 Å². The fourth-order valence-corrected chi connectivity index (χ4v) is 3.36. The predicted molar refractivity (Wildman–Crippen MR) is 84.6 cm³/mol. The van der Waals surface area contributed by atoms with Crippen molar-refractivity contribution in [2.24, 2.45) is 0 Å². The van der Waals surface area contributed by atoms with E-state index in [4.69, 9.17) is 4.98 Å². The summed E-state index contributed by atoms with van der Waals surface area (Å²) in [4.78, 5) is 8.94. The van der Waals surface area contributed by atoms with Crippen LogP contribution in [0.5, 0.6) is 0 Å². The molecule has 0 amide bonds. The van der Waals surface area contributed by atoms with Gasteiger partial charge in [0, 0.05) is 23.3 Å². The number of aromatic nitrogens is 2. The maximum Gasteiger partial charge on any atom is 0.0895 e.